The van der Waals surface area contributed by atoms with Crippen molar-refractivity contribution in [1.29, 1.82) is 0 Å². The summed E-state index contributed by atoms with van der Waals surface area (Å²) in [6.07, 6.45) is 1.79. The van der Waals surface area contributed by atoms with E-state index in [1.54, 1.807) is 6.92 Å². The zero-order chi connectivity index (χ0) is 13.1. The molecule has 1 fully saturated rings. The highest BCUT2D eigenvalue weighted by atomic mass is 35.5. The summed E-state index contributed by atoms with van der Waals surface area (Å²) < 4.78 is 0. The number of hydrogen-bond acceptors (Lipinski definition) is 5. The largest absolute Gasteiger partial charge is 0.355 e. The highest BCUT2D eigenvalue weighted by molar-refractivity contribution is 6.32. The predicted octanol–water partition coefficient (Wildman–Crippen LogP) is 1.39. The van der Waals surface area contributed by atoms with Gasteiger partial charge in [-0.2, -0.15) is 0 Å². The Balaban J connectivity index is 2.34. The molecule has 0 atom stereocenters. The minimum Gasteiger partial charge on any atom is -0.355 e. The molecule has 6 heteroatoms. The molecule has 2 rings (SSSR count). The van der Waals surface area contributed by atoms with E-state index in [1.165, 1.54) is 0 Å². The van der Waals surface area contributed by atoms with E-state index >= 15 is 0 Å². The van der Waals surface area contributed by atoms with E-state index < -0.39 is 0 Å². The molecule has 0 aliphatic carbocycles. The molecule has 2 heterocycles. The number of aryl methyl sites for hydroxylation is 1. The number of nitrogens with zero attached hydrogens (tertiary/aromatic N) is 4. The van der Waals surface area contributed by atoms with Crippen molar-refractivity contribution >= 4 is 23.7 Å². The zero-order valence-electron chi connectivity index (χ0n) is 10.7. The number of aromatic nitrogens is 2. The fourth-order valence-electron chi connectivity index (χ4n) is 2.13. The Morgan fingerprint density at radius 2 is 2.00 bits per heavy atom. The fourth-order valence-corrected chi connectivity index (χ4v) is 2.39. The third kappa shape index (κ3) is 2.79. The van der Waals surface area contributed by atoms with Crippen LogP contribution in [0.15, 0.2) is 0 Å². The average molecular weight is 269 g/mol. The number of anilines is 1. The van der Waals surface area contributed by atoms with Crippen LogP contribution in [0.5, 0.6) is 0 Å². The Hall–Kier alpha value is -1.20. The maximum atomic E-state index is 11.2. The van der Waals surface area contributed by atoms with Gasteiger partial charge in [-0.3, -0.25) is 4.79 Å². The number of rotatable bonds is 2. The summed E-state index contributed by atoms with van der Waals surface area (Å²) in [5.74, 6) is 1.26. The highest BCUT2D eigenvalue weighted by Crippen LogP contribution is 2.23. The van der Waals surface area contributed by atoms with Gasteiger partial charge in [-0.15, -0.1) is 0 Å². The van der Waals surface area contributed by atoms with Gasteiger partial charge in [0.15, 0.2) is 6.29 Å². The molecule has 0 amide bonds. The van der Waals surface area contributed by atoms with Crippen molar-refractivity contribution in [3.63, 3.8) is 0 Å². The summed E-state index contributed by atoms with van der Waals surface area (Å²) in [5, 5.41) is 0.241. The van der Waals surface area contributed by atoms with Crippen molar-refractivity contribution in [3.8, 4) is 0 Å². The lowest BCUT2D eigenvalue weighted by Gasteiger charge is -2.23. The highest BCUT2D eigenvalue weighted by Gasteiger charge is 2.19. The minimum absolute atomic E-state index is 0.241. The second-order valence-electron chi connectivity index (χ2n) is 4.56. The molecule has 1 aromatic rings. The lowest BCUT2D eigenvalue weighted by molar-refractivity contribution is 0.112. The molecule has 1 aromatic heterocycles. The van der Waals surface area contributed by atoms with E-state index in [0.717, 1.165) is 38.9 Å². The standard InChI is InChI=1S/C12H17ClN4O/c1-9-14-11(13)10(8-18)12(15-9)17-5-3-4-16(2)6-7-17/h8H,3-7H2,1-2H3. The van der Waals surface area contributed by atoms with E-state index in [2.05, 4.69) is 26.8 Å². The van der Waals surface area contributed by atoms with Gasteiger partial charge in [0.25, 0.3) is 0 Å². The maximum absolute atomic E-state index is 11.2. The molecule has 0 saturated carbocycles. The van der Waals surface area contributed by atoms with Gasteiger partial charge in [0, 0.05) is 19.6 Å². The average Bonchev–Trinajstić information content (AvgIpc) is 2.53. The summed E-state index contributed by atoms with van der Waals surface area (Å²) in [7, 11) is 2.10. The maximum Gasteiger partial charge on any atom is 0.156 e. The van der Waals surface area contributed by atoms with Gasteiger partial charge in [0.05, 0.1) is 5.56 Å². The van der Waals surface area contributed by atoms with Crippen molar-refractivity contribution in [2.75, 3.05) is 38.1 Å². The number of carbonyl (C=O) groups is 1. The molecular weight excluding hydrogens is 252 g/mol. The van der Waals surface area contributed by atoms with E-state index in [9.17, 15) is 4.79 Å². The first-order chi connectivity index (χ1) is 8.61. The summed E-state index contributed by atoms with van der Waals surface area (Å²) in [6.45, 7) is 5.54. The van der Waals surface area contributed by atoms with Crippen LogP contribution in [-0.2, 0) is 0 Å². The van der Waals surface area contributed by atoms with E-state index in [0.29, 0.717) is 17.2 Å². The molecule has 0 N–H and O–H groups in total. The molecule has 5 nitrogen and oxygen atoms in total. The SMILES string of the molecule is Cc1nc(Cl)c(C=O)c(N2CCCN(C)CC2)n1. The summed E-state index contributed by atoms with van der Waals surface area (Å²) in [6, 6.07) is 0. The second-order valence-corrected chi connectivity index (χ2v) is 4.92. The van der Waals surface area contributed by atoms with Crippen LogP contribution in [0, 0.1) is 6.92 Å². The van der Waals surface area contributed by atoms with Crippen LogP contribution in [0.3, 0.4) is 0 Å². The molecule has 0 aromatic carbocycles. The van der Waals surface area contributed by atoms with Gasteiger partial charge in [-0.05, 0) is 26.9 Å². The predicted molar refractivity (Wildman–Crippen MR) is 71.5 cm³/mol. The van der Waals surface area contributed by atoms with E-state index in [4.69, 9.17) is 11.6 Å². The van der Waals surface area contributed by atoms with Gasteiger partial charge in [-0.1, -0.05) is 11.6 Å². The smallest absolute Gasteiger partial charge is 0.156 e. The molecule has 98 valence electrons. The first-order valence-corrected chi connectivity index (χ1v) is 6.42. The minimum atomic E-state index is 0.241. The van der Waals surface area contributed by atoms with Crippen molar-refractivity contribution in [1.82, 2.24) is 14.9 Å². The van der Waals surface area contributed by atoms with Crippen LogP contribution in [0.4, 0.5) is 5.82 Å². The Kier molecular flexibility index (Phi) is 4.14. The first kappa shape index (κ1) is 13.2. The number of aldehydes is 1. The lowest BCUT2D eigenvalue weighted by Crippen LogP contribution is -2.30. The summed E-state index contributed by atoms with van der Waals surface area (Å²) in [4.78, 5) is 23.9. The van der Waals surface area contributed by atoms with Crippen LogP contribution >= 0.6 is 11.6 Å². The molecule has 18 heavy (non-hydrogen) atoms. The zero-order valence-corrected chi connectivity index (χ0v) is 11.4. The molecule has 0 bridgehead atoms. The Bertz CT molecular complexity index is 452. The Labute approximate surface area is 112 Å². The number of hydrogen-bond donors (Lipinski definition) is 0. The number of carbonyl (C=O) groups excluding carboxylic acids is 1. The van der Waals surface area contributed by atoms with Crippen LogP contribution < -0.4 is 4.90 Å². The molecule has 0 radical (unpaired) electrons. The first-order valence-electron chi connectivity index (χ1n) is 6.04. The topological polar surface area (TPSA) is 49.3 Å². The third-order valence-electron chi connectivity index (χ3n) is 3.13. The quantitative estimate of drug-likeness (QED) is 0.599. The molecular formula is C12H17ClN4O. The molecule has 0 spiro atoms. The van der Waals surface area contributed by atoms with Crippen molar-refractivity contribution in [2.45, 2.75) is 13.3 Å². The lowest BCUT2D eigenvalue weighted by atomic mass is 10.3. The van der Waals surface area contributed by atoms with Gasteiger partial charge in [0.1, 0.15) is 16.8 Å². The molecule has 1 aliphatic heterocycles. The molecule has 1 saturated heterocycles. The number of halogens is 1. The summed E-state index contributed by atoms with van der Waals surface area (Å²) >= 11 is 6.00. The van der Waals surface area contributed by atoms with Crippen molar-refractivity contribution in [2.24, 2.45) is 0 Å². The van der Waals surface area contributed by atoms with Crippen LogP contribution in [-0.4, -0.2) is 54.4 Å². The monoisotopic (exact) mass is 268 g/mol. The number of likely N-dealkylation sites (N-methyl/N-ethyl adjacent to an activating group) is 1. The van der Waals surface area contributed by atoms with Gasteiger partial charge >= 0.3 is 0 Å². The molecule has 0 unspecified atom stereocenters. The normalized spacial score (nSPS) is 17.6. The van der Waals surface area contributed by atoms with Gasteiger partial charge in [-0.25, -0.2) is 9.97 Å². The van der Waals surface area contributed by atoms with Crippen LogP contribution in [0.25, 0.3) is 0 Å². The Morgan fingerprint density at radius 1 is 1.22 bits per heavy atom. The van der Waals surface area contributed by atoms with E-state index in [-0.39, 0.29) is 5.15 Å². The second kappa shape index (κ2) is 5.63. The fraction of sp³-hybridized carbons (Fsp3) is 0.583. The van der Waals surface area contributed by atoms with E-state index in [1.807, 2.05) is 0 Å². The Morgan fingerprint density at radius 3 is 2.72 bits per heavy atom. The summed E-state index contributed by atoms with van der Waals surface area (Å²) in [5.41, 5.74) is 0.395. The molecule has 1 aliphatic rings. The van der Waals surface area contributed by atoms with Crippen molar-refractivity contribution in [3.05, 3.63) is 16.5 Å². The van der Waals surface area contributed by atoms with Crippen LogP contribution in [0.2, 0.25) is 5.15 Å². The van der Waals surface area contributed by atoms with Crippen LogP contribution in [0.1, 0.15) is 22.6 Å². The van der Waals surface area contributed by atoms with Gasteiger partial charge in [0.2, 0.25) is 0 Å². The van der Waals surface area contributed by atoms with Gasteiger partial charge < -0.3 is 9.80 Å². The third-order valence-corrected chi connectivity index (χ3v) is 3.42. The van der Waals surface area contributed by atoms with Crippen molar-refractivity contribution < 1.29 is 4.79 Å².